The third-order valence-corrected chi connectivity index (χ3v) is 7.81. The van der Waals surface area contributed by atoms with Crippen LogP contribution in [0.3, 0.4) is 0 Å². The third-order valence-electron chi connectivity index (χ3n) is 6.00. The first-order valence-electron chi connectivity index (χ1n) is 11.1. The fourth-order valence-electron chi connectivity index (χ4n) is 4.13. The maximum absolute atomic E-state index is 13.5. The molecule has 36 heavy (non-hydrogen) atoms. The number of aromatic nitrogens is 1. The zero-order valence-corrected chi connectivity index (χ0v) is 20.4. The summed E-state index contributed by atoms with van der Waals surface area (Å²) in [5.41, 5.74) is -1.05. The topological polar surface area (TPSA) is 97.9 Å². The van der Waals surface area contributed by atoms with Crippen LogP contribution in [-0.4, -0.2) is 51.2 Å². The molecule has 1 saturated heterocycles. The van der Waals surface area contributed by atoms with Gasteiger partial charge >= 0.3 is 6.18 Å². The second-order valence-corrected chi connectivity index (χ2v) is 10.3. The van der Waals surface area contributed by atoms with E-state index in [1.807, 2.05) is 0 Å². The minimum Gasteiger partial charge on any atom is -0.493 e. The number of pyridine rings is 1. The Balaban J connectivity index is 1.76. The van der Waals surface area contributed by atoms with Crippen molar-refractivity contribution in [2.45, 2.75) is 36.6 Å². The number of rotatable bonds is 8. The van der Waals surface area contributed by atoms with Crippen LogP contribution in [0.4, 0.5) is 13.2 Å². The number of hydrogen-bond acceptors (Lipinski definition) is 6. The summed E-state index contributed by atoms with van der Waals surface area (Å²) < 4.78 is 83.9. The van der Waals surface area contributed by atoms with E-state index in [1.165, 1.54) is 20.3 Å². The van der Waals surface area contributed by atoms with E-state index in [0.717, 1.165) is 28.9 Å². The second kappa shape index (κ2) is 10.1. The van der Waals surface area contributed by atoms with Crippen LogP contribution < -0.4 is 15.0 Å². The van der Waals surface area contributed by atoms with Crippen LogP contribution in [-0.2, 0) is 27.5 Å². The number of halogens is 3. The van der Waals surface area contributed by atoms with Crippen LogP contribution >= 0.6 is 0 Å². The number of nitrogens with zero attached hydrogens (tertiary/aromatic N) is 1. The number of H-pyrrole nitrogens is 1. The molecule has 1 N–H and O–H groups in total. The maximum atomic E-state index is 13.5. The monoisotopic (exact) mass is 526 g/mol. The molecule has 0 spiro atoms. The highest BCUT2D eigenvalue weighted by molar-refractivity contribution is 7.89. The summed E-state index contributed by atoms with van der Waals surface area (Å²) in [4.78, 5) is 15.1. The second-order valence-electron chi connectivity index (χ2n) is 8.38. The van der Waals surface area contributed by atoms with Crippen molar-refractivity contribution in [3.8, 4) is 11.5 Å². The number of sulfonamides is 1. The molecule has 4 rings (SSSR count). The van der Waals surface area contributed by atoms with Crippen molar-refractivity contribution in [1.82, 2.24) is 9.29 Å². The lowest BCUT2D eigenvalue weighted by molar-refractivity contribution is -0.137. The quantitative estimate of drug-likeness (QED) is 0.478. The summed E-state index contributed by atoms with van der Waals surface area (Å²) in [5.74, 6) is 0.816. The Morgan fingerprint density at radius 1 is 1.11 bits per heavy atom. The van der Waals surface area contributed by atoms with Gasteiger partial charge in [0.1, 0.15) is 0 Å². The molecule has 0 radical (unpaired) electrons. The molecule has 12 heteroatoms. The number of benzene rings is 2. The van der Waals surface area contributed by atoms with Crippen LogP contribution in [0.15, 0.2) is 52.2 Å². The van der Waals surface area contributed by atoms with Gasteiger partial charge in [-0.2, -0.15) is 17.5 Å². The minimum absolute atomic E-state index is 0.109. The molecule has 0 aliphatic carbocycles. The Kier molecular flexibility index (Phi) is 7.30. The standard InChI is InChI=1S/C24H25F3N2O6S/c1-33-21-10-15-9-16(23(30)28-20(15)12-22(21)34-2)13-29(14-18-6-4-8-35-18)36(31,32)19-7-3-5-17(11-19)24(25,26)27/h3,5,7,9-12,18H,4,6,8,13-14H2,1-2H3,(H,28,30). The molecule has 0 amide bonds. The number of nitrogens with one attached hydrogen (secondary N) is 1. The summed E-state index contributed by atoms with van der Waals surface area (Å²) in [6.45, 7) is -0.0135. The normalized spacial score (nSPS) is 16.6. The Morgan fingerprint density at radius 2 is 1.83 bits per heavy atom. The number of fused-ring (bicyclic) bond motifs is 1. The van der Waals surface area contributed by atoms with Gasteiger partial charge in [0.2, 0.25) is 10.0 Å². The van der Waals surface area contributed by atoms with E-state index in [1.54, 1.807) is 12.1 Å². The van der Waals surface area contributed by atoms with Gasteiger partial charge in [0.25, 0.3) is 5.56 Å². The zero-order valence-electron chi connectivity index (χ0n) is 19.6. The van der Waals surface area contributed by atoms with Gasteiger partial charge in [0, 0.05) is 36.7 Å². The zero-order chi connectivity index (χ0) is 26.1. The van der Waals surface area contributed by atoms with Gasteiger partial charge in [-0.1, -0.05) is 6.07 Å². The molecular formula is C24H25F3N2O6S. The molecule has 1 aromatic heterocycles. The van der Waals surface area contributed by atoms with Crippen LogP contribution in [0, 0.1) is 0 Å². The number of methoxy groups -OCH3 is 2. The molecule has 1 atom stereocenters. The first-order chi connectivity index (χ1) is 17.0. The molecule has 0 saturated carbocycles. The molecule has 2 aromatic carbocycles. The molecule has 1 aliphatic rings. The van der Waals surface area contributed by atoms with Gasteiger partial charge in [-0.05, 0) is 43.2 Å². The van der Waals surface area contributed by atoms with E-state index in [2.05, 4.69) is 4.98 Å². The Labute approximate surface area is 205 Å². The molecule has 1 fully saturated rings. The van der Waals surface area contributed by atoms with Crippen molar-refractivity contribution in [2.75, 3.05) is 27.4 Å². The van der Waals surface area contributed by atoms with Gasteiger partial charge < -0.3 is 19.2 Å². The van der Waals surface area contributed by atoms with Crippen molar-refractivity contribution in [3.63, 3.8) is 0 Å². The van der Waals surface area contributed by atoms with Gasteiger partial charge in [0.05, 0.1) is 36.3 Å². The first kappa shape index (κ1) is 26.0. The number of alkyl halides is 3. The Hall–Kier alpha value is -3.09. The summed E-state index contributed by atoms with van der Waals surface area (Å²) >= 11 is 0. The first-order valence-corrected chi connectivity index (χ1v) is 12.5. The van der Waals surface area contributed by atoms with Gasteiger partial charge in [-0.3, -0.25) is 4.79 Å². The SMILES string of the molecule is COc1cc2cc(CN(CC3CCCO3)S(=O)(=O)c3cccc(C(F)(F)F)c3)c(=O)[nH]c2cc1OC. The molecule has 1 aliphatic heterocycles. The largest absolute Gasteiger partial charge is 0.493 e. The van der Waals surface area contributed by atoms with E-state index in [-0.39, 0.29) is 18.7 Å². The van der Waals surface area contributed by atoms with E-state index >= 15 is 0 Å². The van der Waals surface area contributed by atoms with Crippen molar-refractivity contribution >= 4 is 20.9 Å². The molecule has 3 aromatic rings. The van der Waals surface area contributed by atoms with Gasteiger partial charge in [-0.15, -0.1) is 0 Å². The predicted molar refractivity (Wildman–Crippen MR) is 126 cm³/mol. The van der Waals surface area contributed by atoms with E-state index in [4.69, 9.17) is 14.2 Å². The highest BCUT2D eigenvalue weighted by Crippen LogP contribution is 2.33. The van der Waals surface area contributed by atoms with Gasteiger partial charge in [-0.25, -0.2) is 8.42 Å². The molecule has 0 bridgehead atoms. The minimum atomic E-state index is -4.71. The molecule has 8 nitrogen and oxygen atoms in total. The third kappa shape index (κ3) is 5.35. The Morgan fingerprint density at radius 3 is 2.47 bits per heavy atom. The number of ether oxygens (including phenoxy) is 3. The Bertz CT molecular complexity index is 1420. The average molecular weight is 527 g/mol. The lowest BCUT2D eigenvalue weighted by Crippen LogP contribution is -2.38. The van der Waals surface area contributed by atoms with E-state index in [0.29, 0.717) is 41.5 Å². The highest BCUT2D eigenvalue weighted by atomic mass is 32.2. The summed E-state index contributed by atoms with van der Waals surface area (Å²) in [7, 11) is -1.49. The van der Waals surface area contributed by atoms with E-state index < -0.39 is 38.3 Å². The fourth-order valence-corrected chi connectivity index (χ4v) is 5.63. The average Bonchev–Trinajstić information content (AvgIpc) is 3.36. The summed E-state index contributed by atoms with van der Waals surface area (Å²) in [6.07, 6.45) is -3.81. The highest BCUT2D eigenvalue weighted by Gasteiger charge is 2.34. The maximum Gasteiger partial charge on any atom is 0.416 e. The van der Waals surface area contributed by atoms with Crippen LogP contribution in [0.5, 0.6) is 11.5 Å². The van der Waals surface area contributed by atoms with Crippen LogP contribution in [0.1, 0.15) is 24.0 Å². The van der Waals surface area contributed by atoms with Crippen molar-refractivity contribution in [3.05, 3.63) is 63.9 Å². The van der Waals surface area contributed by atoms with E-state index in [9.17, 15) is 26.4 Å². The summed E-state index contributed by atoms with van der Waals surface area (Å²) in [5, 5.41) is 0.566. The van der Waals surface area contributed by atoms with Crippen molar-refractivity contribution in [1.29, 1.82) is 0 Å². The van der Waals surface area contributed by atoms with Gasteiger partial charge in [0.15, 0.2) is 11.5 Å². The van der Waals surface area contributed by atoms with Crippen molar-refractivity contribution in [2.24, 2.45) is 0 Å². The predicted octanol–water partition coefficient (Wildman–Crippen LogP) is 3.93. The smallest absolute Gasteiger partial charge is 0.416 e. The molecule has 1 unspecified atom stereocenters. The molecular weight excluding hydrogens is 501 g/mol. The van der Waals surface area contributed by atoms with Crippen LogP contribution in [0.25, 0.3) is 10.9 Å². The molecule has 194 valence electrons. The van der Waals surface area contributed by atoms with Crippen molar-refractivity contribution < 1.29 is 35.8 Å². The number of hydrogen-bond donors (Lipinski definition) is 1. The fraction of sp³-hybridized carbons (Fsp3) is 0.375. The lowest BCUT2D eigenvalue weighted by atomic mass is 10.1. The summed E-state index contributed by atoms with van der Waals surface area (Å²) in [6, 6.07) is 8.30. The number of aromatic amines is 1. The molecule has 2 heterocycles. The van der Waals surface area contributed by atoms with Crippen LogP contribution in [0.2, 0.25) is 0 Å². The lowest BCUT2D eigenvalue weighted by Gasteiger charge is -2.25.